The van der Waals surface area contributed by atoms with E-state index >= 15 is 0 Å². The SMILES string of the molecule is Cc1ccc(NC(=O)COCc2ccccc2)cc1I. The largest absolute Gasteiger partial charge is 0.367 e. The van der Waals surface area contributed by atoms with Gasteiger partial charge in [-0.1, -0.05) is 36.4 Å². The Morgan fingerprint density at radius 3 is 2.65 bits per heavy atom. The summed E-state index contributed by atoms with van der Waals surface area (Å²) in [6.07, 6.45) is 0. The molecule has 0 aromatic heterocycles. The highest BCUT2D eigenvalue weighted by Gasteiger charge is 2.04. The van der Waals surface area contributed by atoms with Gasteiger partial charge in [0.25, 0.3) is 0 Å². The molecule has 0 bridgehead atoms. The van der Waals surface area contributed by atoms with E-state index in [9.17, 15) is 4.79 Å². The van der Waals surface area contributed by atoms with Crippen molar-refractivity contribution in [2.45, 2.75) is 13.5 Å². The number of carbonyl (C=O) groups excluding carboxylic acids is 1. The van der Waals surface area contributed by atoms with Gasteiger partial charge in [-0.3, -0.25) is 4.79 Å². The van der Waals surface area contributed by atoms with Gasteiger partial charge in [0.15, 0.2) is 0 Å². The van der Waals surface area contributed by atoms with Gasteiger partial charge in [-0.15, -0.1) is 0 Å². The lowest BCUT2D eigenvalue weighted by Gasteiger charge is -2.08. The van der Waals surface area contributed by atoms with Crippen LogP contribution in [0.2, 0.25) is 0 Å². The van der Waals surface area contributed by atoms with Crippen molar-refractivity contribution in [3.05, 3.63) is 63.2 Å². The van der Waals surface area contributed by atoms with E-state index < -0.39 is 0 Å². The van der Waals surface area contributed by atoms with Crippen LogP contribution < -0.4 is 5.32 Å². The Hall–Kier alpha value is -1.40. The van der Waals surface area contributed by atoms with Gasteiger partial charge < -0.3 is 10.1 Å². The zero-order valence-electron chi connectivity index (χ0n) is 11.2. The summed E-state index contributed by atoms with van der Waals surface area (Å²) in [5, 5.41) is 2.83. The van der Waals surface area contributed by atoms with Crippen molar-refractivity contribution < 1.29 is 9.53 Å². The molecule has 20 heavy (non-hydrogen) atoms. The number of hydrogen-bond donors (Lipinski definition) is 1. The third kappa shape index (κ3) is 4.61. The first-order valence-electron chi connectivity index (χ1n) is 6.33. The first-order valence-corrected chi connectivity index (χ1v) is 7.41. The second kappa shape index (κ2) is 7.40. The van der Waals surface area contributed by atoms with Crippen molar-refractivity contribution in [2.75, 3.05) is 11.9 Å². The number of nitrogens with one attached hydrogen (secondary N) is 1. The number of anilines is 1. The Kier molecular flexibility index (Phi) is 5.55. The van der Waals surface area contributed by atoms with Crippen molar-refractivity contribution in [3.63, 3.8) is 0 Å². The molecule has 0 unspecified atom stereocenters. The summed E-state index contributed by atoms with van der Waals surface area (Å²) in [5.41, 5.74) is 3.06. The number of halogens is 1. The Labute approximate surface area is 132 Å². The van der Waals surface area contributed by atoms with Crippen LogP contribution in [0.5, 0.6) is 0 Å². The molecule has 0 saturated heterocycles. The van der Waals surface area contributed by atoms with Crippen LogP contribution in [0, 0.1) is 10.5 Å². The zero-order valence-corrected chi connectivity index (χ0v) is 13.4. The maximum atomic E-state index is 11.8. The van der Waals surface area contributed by atoms with Crippen LogP contribution in [0.4, 0.5) is 5.69 Å². The molecule has 0 aliphatic carbocycles. The highest BCUT2D eigenvalue weighted by Crippen LogP contribution is 2.16. The third-order valence-electron chi connectivity index (χ3n) is 2.80. The Morgan fingerprint density at radius 2 is 1.95 bits per heavy atom. The molecule has 1 amide bonds. The Morgan fingerprint density at radius 1 is 1.20 bits per heavy atom. The Balaban J connectivity index is 1.79. The van der Waals surface area contributed by atoms with Crippen LogP contribution in [-0.2, 0) is 16.1 Å². The predicted octanol–water partition coefficient (Wildman–Crippen LogP) is 3.75. The van der Waals surface area contributed by atoms with Crippen molar-refractivity contribution in [2.24, 2.45) is 0 Å². The molecule has 2 rings (SSSR count). The summed E-state index contributed by atoms with van der Waals surface area (Å²) in [6.45, 7) is 2.54. The van der Waals surface area contributed by atoms with E-state index in [0.717, 1.165) is 14.8 Å². The molecule has 0 atom stereocenters. The van der Waals surface area contributed by atoms with Crippen LogP contribution >= 0.6 is 22.6 Å². The molecule has 0 aliphatic heterocycles. The van der Waals surface area contributed by atoms with Crippen molar-refractivity contribution >= 4 is 34.2 Å². The number of aryl methyl sites for hydroxylation is 1. The lowest BCUT2D eigenvalue weighted by atomic mass is 10.2. The molecule has 0 spiro atoms. The molecule has 1 N–H and O–H groups in total. The minimum absolute atomic E-state index is 0.0549. The minimum atomic E-state index is -0.138. The molecular weight excluding hydrogens is 365 g/mol. The van der Waals surface area contributed by atoms with Crippen LogP contribution in [0.1, 0.15) is 11.1 Å². The van der Waals surface area contributed by atoms with Crippen LogP contribution in [-0.4, -0.2) is 12.5 Å². The van der Waals surface area contributed by atoms with E-state index in [4.69, 9.17) is 4.74 Å². The van der Waals surface area contributed by atoms with Gasteiger partial charge in [0, 0.05) is 9.26 Å². The van der Waals surface area contributed by atoms with Crippen molar-refractivity contribution in [1.82, 2.24) is 0 Å². The second-order valence-electron chi connectivity index (χ2n) is 4.49. The van der Waals surface area contributed by atoms with Gasteiger partial charge in [0.2, 0.25) is 5.91 Å². The van der Waals surface area contributed by atoms with Gasteiger partial charge in [-0.05, 0) is 52.8 Å². The average Bonchev–Trinajstić information content (AvgIpc) is 2.44. The Bertz CT molecular complexity index is 584. The standard InChI is InChI=1S/C16H16INO2/c1-12-7-8-14(9-15(12)17)18-16(19)11-20-10-13-5-3-2-4-6-13/h2-9H,10-11H2,1H3,(H,18,19). The lowest BCUT2D eigenvalue weighted by molar-refractivity contribution is -0.121. The van der Waals surface area contributed by atoms with E-state index in [-0.39, 0.29) is 12.5 Å². The maximum absolute atomic E-state index is 11.8. The highest BCUT2D eigenvalue weighted by molar-refractivity contribution is 14.1. The number of rotatable bonds is 5. The fourth-order valence-electron chi connectivity index (χ4n) is 1.70. The van der Waals surface area contributed by atoms with Crippen LogP contribution in [0.15, 0.2) is 48.5 Å². The number of ether oxygens (including phenoxy) is 1. The van der Waals surface area contributed by atoms with Gasteiger partial charge in [0.1, 0.15) is 6.61 Å². The van der Waals surface area contributed by atoms with Gasteiger partial charge in [-0.2, -0.15) is 0 Å². The molecule has 0 heterocycles. The summed E-state index contributed by atoms with van der Waals surface area (Å²) in [4.78, 5) is 11.8. The van der Waals surface area contributed by atoms with Gasteiger partial charge in [-0.25, -0.2) is 0 Å². The van der Waals surface area contributed by atoms with E-state index in [1.54, 1.807) is 0 Å². The smallest absolute Gasteiger partial charge is 0.250 e. The average molecular weight is 381 g/mol. The van der Waals surface area contributed by atoms with Crippen molar-refractivity contribution in [1.29, 1.82) is 0 Å². The number of carbonyl (C=O) groups is 1. The molecule has 2 aromatic carbocycles. The second-order valence-corrected chi connectivity index (χ2v) is 5.65. The molecular formula is C16H16INO2. The lowest BCUT2D eigenvalue weighted by Crippen LogP contribution is -2.18. The molecule has 0 saturated carbocycles. The highest BCUT2D eigenvalue weighted by atomic mass is 127. The van der Waals surface area contributed by atoms with E-state index in [1.807, 2.05) is 55.5 Å². The van der Waals surface area contributed by atoms with E-state index in [0.29, 0.717) is 6.61 Å². The summed E-state index contributed by atoms with van der Waals surface area (Å²) < 4.78 is 6.52. The first-order chi connectivity index (χ1) is 9.65. The summed E-state index contributed by atoms with van der Waals surface area (Å²) in [6, 6.07) is 15.6. The maximum Gasteiger partial charge on any atom is 0.250 e. The van der Waals surface area contributed by atoms with Gasteiger partial charge in [0.05, 0.1) is 6.61 Å². The van der Waals surface area contributed by atoms with Crippen LogP contribution in [0.25, 0.3) is 0 Å². The topological polar surface area (TPSA) is 38.3 Å². The number of hydrogen-bond acceptors (Lipinski definition) is 2. The summed E-state index contributed by atoms with van der Waals surface area (Å²) in [7, 11) is 0. The molecule has 4 heteroatoms. The zero-order chi connectivity index (χ0) is 14.4. The molecule has 0 aliphatic rings. The molecule has 2 aromatic rings. The number of amides is 1. The van der Waals surface area contributed by atoms with Crippen LogP contribution in [0.3, 0.4) is 0 Å². The number of benzene rings is 2. The van der Waals surface area contributed by atoms with E-state index in [1.165, 1.54) is 5.56 Å². The van der Waals surface area contributed by atoms with Gasteiger partial charge >= 0.3 is 0 Å². The quantitative estimate of drug-likeness (QED) is 0.802. The third-order valence-corrected chi connectivity index (χ3v) is 3.96. The molecule has 3 nitrogen and oxygen atoms in total. The van der Waals surface area contributed by atoms with Crippen molar-refractivity contribution in [3.8, 4) is 0 Å². The minimum Gasteiger partial charge on any atom is -0.367 e. The normalized spacial score (nSPS) is 10.3. The molecule has 0 fully saturated rings. The summed E-state index contributed by atoms with van der Waals surface area (Å²) >= 11 is 2.25. The first kappa shape index (κ1) is 15.0. The molecule has 104 valence electrons. The molecule has 0 radical (unpaired) electrons. The fraction of sp³-hybridized carbons (Fsp3) is 0.188. The monoisotopic (exact) mass is 381 g/mol. The summed E-state index contributed by atoms with van der Waals surface area (Å²) in [5.74, 6) is -0.138. The fourth-order valence-corrected chi connectivity index (χ4v) is 2.22. The van der Waals surface area contributed by atoms with E-state index in [2.05, 4.69) is 27.9 Å². The predicted molar refractivity (Wildman–Crippen MR) is 88.6 cm³/mol.